The third-order valence-electron chi connectivity index (χ3n) is 11.4. The highest BCUT2D eigenvalue weighted by atomic mass is 16.3. The third kappa shape index (κ3) is 5.07. The molecule has 0 fully saturated rings. The highest BCUT2D eigenvalue weighted by Gasteiger charge is 2.22. The average Bonchev–Trinajstić information content (AvgIpc) is 3.83. The minimum atomic E-state index is 0.626. The molecule has 0 amide bonds. The number of fused-ring (bicyclic) bond motifs is 8. The Hall–Kier alpha value is -7.89. The first-order valence-corrected chi connectivity index (χ1v) is 19.5. The maximum absolute atomic E-state index is 6.72. The monoisotopic (exact) mass is 740 g/mol. The molecular weight excluding hydrogens is 709 g/mol. The van der Waals surface area contributed by atoms with Gasteiger partial charge in [0.05, 0.1) is 16.7 Å². The second-order valence-corrected chi connectivity index (χ2v) is 14.8. The topological polar surface area (TPSA) is 56.7 Å². The molecule has 0 aliphatic heterocycles. The normalized spacial score (nSPS) is 11.8. The number of aromatic nitrogens is 4. The summed E-state index contributed by atoms with van der Waals surface area (Å²) in [6, 6.07) is 68.1. The van der Waals surface area contributed by atoms with Gasteiger partial charge in [-0.05, 0) is 69.1 Å². The summed E-state index contributed by atoms with van der Waals surface area (Å²) in [5, 5.41) is 9.18. The molecule has 0 spiro atoms. The van der Waals surface area contributed by atoms with Crippen molar-refractivity contribution in [3.8, 4) is 51.0 Å². The molecule has 0 atom stereocenters. The van der Waals surface area contributed by atoms with Gasteiger partial charge in [0.25, 0.3) is 0 Å². The SMILES string of the molecule is c1ccc(-c2nc(-c3ccccc3)nc(-c3ccc(-c4cc(-n5c6ccccc6c6cc7ccccc7cc65)cc5oc6ccccc6c45)c4ccccc34)n2)cc1. The molecule has 0 saturated heterocycles. The van der Waals surface area contributed by atoms with Crippen molar-refractivity contribution in [2.45, 2.75) is 0 Å². The van der Waals surface area contributed by atoms with Gasteiger partial charge in [0, 0.05) is 44.3 Å². The zero-order valence-corrected chi connectivity index (χ0v) is 31.2. The quantitative estimate of drug-likeness (QED) is 0.176. The van der Waals surface area contributed by atoms with E-state index in [0.29, 0.717) is 17.5 Å². The number of furan rings is 1. The molecule has 5 nitrogen and oxygen atoms in total. The first kappa shape index (κ1) is 32.4. The Labute approximate surface area is 333 Å². The summed E-state index contributed by atoms with van der Waals surface area (Å²) < 4.78 is 9.12. The van der Waals surface area contributed by atoms with Crippen LogP contribution in [0.15, 0.2) is 199 Å². The van der Waals surface area contributed by atoms with Gasteiger partial charge in [-0.15, -0.1) is 0 Å². The van der Waals surface area contributed by atoms with Crippen molar-refractivity contribution in [3.63, 3.8) is 0 Å². The van der Waals surface area contributed by atoms with E-state index in [1.54, 1.807) is 0 Å². The van der Waals surface area contributed by atoms with Crippen LogP contribution in [0.4, 0.5) is 0 Å². The first-order chi connectivity index (χ1) is 28.7. The lowest BCUT2D eigenvalue weighted by molar-refractivity contribution is 0.668. The van der Waals surface area contributed by atoms with Crippen molar-refractivity contribution < 1.29 is 4.42 Å². The summed E-state index contributed by atoms with van der Waals surface area (Å²) in [5.41, 5.74) is 10.0. The van der Waals surface area contributed by atoms with Crippen LogP contribution in [-0.2, 0) is 0 Å². The zero-order chi connectivity index (χ0) is 38.2. The molecule has 12 aromatic rings. The molecule has 0 radical (unpaired) electrons. The largest absolute Gasteiger partial charge is 0.456 e. The van der Waals surface area contributed by atoms with Gasteiger partial charge in [-0.25, -0.2) is 15.0 Å². The van der Waals surface area contributed by atoms with E-state index < -0.39 is 0 Å². The molecule has 0 unspecified atom stereocenters. The van der Waals surface area contributed by atoms with Crippen molar-refractivity contribution in [3.05, 3.63) is 194 Å². The molecule has 9 aromatic carbocycles. The molecular formula is C53H32N4O. The van der Waals surface area contributed by atoms with E-state index in [4.69, 9.17) is 19.4 Å². The predicted octanol–water partition coefficient (Wildman–Crippen LogP) is 13.8. The molecule has 12 rings (SSSR count). The second kappa shape index (κ2) is 12.8. The molecule has 0 aliphatic rings. The fourth-order valence-electron chi connectivity index (χ4n) is 8.77. The van der Waals surface area contributed by atoms with Crippen molar-refractivity contribution in [1.29, 1.82) is 0 Å². The Balaban J connectivity index is 1.13. The van der Waals surface area contributed by atoms with Crippen molar-refractivity contribution in [1.82, 2.24) is 19.5 Å². The van der Waals surface area contributed by atoms with E-state index >= 15 is 0 Å². The minimum absolute atomic E-state index is 0.626. The average molecular weight is 741 g/mol. The van der Waals surface area contributed by atoms with E-state index in [-0.39, 0.29) is 0 Å². The minimum Gasteiger partial charge on any atom is -0.456 e. The molecule has 5 heteroatoms. The lowest BCUT2D eigenvalue weighted by Crippen LogP contribution is -2.00. The summed E-state index contributed by atoms with van der Waals surface area (Å²) in [6.07, 6.45) is 0. The maximum atomic E-state index is 6.72. The number of nitrogens with zero attached hydrogens (tertiary/aromatic N) is 4. The molecule has 0 bridgehead atoms. The van der Waals surface area contributed by atoms with Gasteiger partial charge >= 0.3 is 0 Å². The van der Waals surface area contributed by atoms with Crippen LogP contribution in [0.1, 0.15) is 0 Å². The number of rotatable bonds is 5. The van der Waals surface area contributed by atoms with Gasteiger partial charge in [-0.3, -0.25) is 0 Å². The van der Waals surface area contributed by atoms with Crippen LogP contribution >= 0.6 is 0 Å². The predicted molar refractivity (Wildman–Crippen MR) is 238 cm³/mol. The van der Waals surface area contributed by atoms with Gasteiger partial charge in [0.2, 0.25) is 0 Å². The fraction of sp³-hybridized carbons (Fsp3) is 0. The Bertz CT molecular complexity index is 3510. The number of hydrogen-bond acceptors (Lipinski definition) is 4. The van der Waals surface area contributed by atoms with Crippen LogP contribution in [-0.4, -0.2) is 19.5 Å². The van der Waals surface area contributed by atoms with E-state index in [0.717, 1.165) is 77.2 Å². The molecule has 0 aliphatic carbocycles. The molecule has 270 valence electrons. The van der Waals surface area contributed by atoms with Gasteiger partial charge in [-0.1, -0.05) is 152 Å². The summed E-state index contributed by atoms with van der Waals surface area (Å²) >= 11 is 0. The molecule has 3 aromatic heterocycles. The van der Waals surface area contributed by atoms with Crippen molar-refractivity contribution >= 4 is 65.3 Å². The Morgan fingerprint density at radius 2 is 0.897 bits per heavy atom. The molecule has 3 heterocycles. The number of benzene rings is 9. The van der Waals surface area contributed by atoms with Gasteiger partial charge in [0.15, 0.2) is 17.5 Å². The molecule has 0 saturated carbocycles. The third-order valence-corrected chi connectivity index (χ3v) is 11.4. The van der Waals surface area contributed by atoms with Crippen LogP contribution in [0.25, 0.3) is 116 Å². The summed E-state index contributed by atoms with van der Waals surface area (Å²) in [4.78, 5) is 15.2. The van der Waals surface area contributed by atoms with Crippen LogP contribution in [0.5, 0.6) is 0 Å². The van der Waals surface area contributed by atoms with Gasteiger partial charge in [0.1, 0.15) is 11.2 Å². The maximum Gasteiger partial charge on any atom is 0.164 e. The van der Waals surface area contributed by atoms with Crippen LogP contribution in [0.3, 0.4) is 0 Å². The number of hydrogen-bond donors (Lipinski definition) is 0. The lowest BCUT2D eigenvalue weighted by Gasteiger charge is -2.16. The summed E-state index contributed by atoms with van der Waals surface area (Å²) in [5.74, 6) is 1.90. The van der Waals surface area contributed by atoms with Crippen LogP contribution in [0, 0.1) is 0 Å². The van der Waals surface area contributed by atoms with Crippen molar-refractivity contribution in [2.24, 2.45) is 0 Å². The van der Waals surface area contributed by atoms with E-state index in [2.05, 4.69) is 132 Å². The highest BCUT2D eigenvalue weighted by Crippen LogP contribution is 2.44. The zero-order valence-electron chi connectivity index (χ0n) is 31.2. The number of para-hydroxylation sites is 2. The van der Waals surface area contributed by atoms with E-state index in [1.165, 1.54) is 21.5 Å². The Morgan fingerprint density at radius 3 is 1.62 bits per heavy atom. The van der Waals surface area contributed by atoms with Crippen LogP contribution in [0.2, 0.25) is 0 Å². The molecule has 58 heavy (non-hydrogen) atoms. The summed E-state index contributed by atoms with van der Waals surface area (Å²) in [6.45, 7) is 0. The first-order valence-electron chi connectivity index (χ1n) is 19.5. The standard InChI is InChI=1S/C53H32N4O/c1-3-15-33(16-4-1)51-54-52(34-17-5-2-6-18-34)56-53(55-51)42-28-27-40(38-21-9-10-22-39(38)42)45-31-37(32-49-50(45)43-24-12-14-26-48(43)58-49)57-46-25-13-11-23-41(46)44-29-35-19-7-8-20-36(35)30-47(44)57/h1-32H. The lowest BCUT2D eigenvalue weighted by atomic mass is 9.91. The highest BCUT2D eigenvalue weighted by molar-refractivity contribution is 6.18. The van der Waals surface area contributed by atoms with Gasteiger partial charge < -0.3 is 8.98 Å². The Morgan fingerprint density at radius 1 is 0.345 bits per heavy atom. The van der Waals surface area contributed by atoms with E-state index in [1.807, 2.05) is 66.7 Å². The van der Waals surface area contributed by atoms with E-state index in [9.17, 15) is 0 Å². The molecule has 0 N–H and O–H groups in total. The fourth-order valence-corrected chi connectivity index (χ4v) is 8.77. The second-order valence-electron chi connectivity index (χ2n) is 14.8. The smallest absolute Gasteiger partial charge is 0.164 e. The van der Waals surface area contributed by atoms with Gasteiger partial charge in [-0.2, -0.15) is 0 Å². The Kier molecular flexibility index (Phi) is 7.16. The van der Waals surface area contributed by atoms with Crippen LogP contribution < -0.4 is 0 Å². The summed E-state index contributed by atoms with van der Waals surface area (Å²) in [7, 11) is 0. The van der Waals surface area contributed by atoms with Crippen molar-refractivity contribution in [2.75, 3.05) is 0 Å².